The molecule has 1 aliphatic heterocycles. The molecular formula is C23H23FN4O4. The molecule has 0 unspecified atom stereocenters. The van der Waals surface area contributed by atoms with Crippen molar-refractivity contribution >= 4 is 12.0 Å². The number of ether oxygens (including phenoxy) is 1. The van der Waals surface area contributed by atoms with Gasteiger partial charge in [-0.05, 0) is 55.0 Å². The first-order valence-electron chi connectivity index (χ1n) is 10.2. The summed E-state index contributed by atoms with van der Waals surface area (Å²) in [5, 5.41) is 12.8. The predicted octanol–water partition coefficient (Wildman–Crippen LogP) is 3.69. The lowest BCUT2D eigenvalue weighted by atomic mass is 10.1. The van der Waals surface area contributed by atoms with Crippen molar-refractivity contribution in [2.45, 2.75) is 19.5 Å². The minimum absolute atomic E-state index is 0.0626. The maximum atomic E-state index is 13.1. The van der Waals surface area contributed by atoms with E-state index < -0.39 is 5.97 Å². The van der Waals surface area contributed by atoms with Crippen LogP contribution in [0.4, 0.5) is 9.18 Å². The van der Waals surface area contributed by atoms with Crippen LogP contribution in [0.15, 0.2) is 60.8 Å². The molecule has 166 valence electrons. The first-order chi connectivity index (χ1) is 15.4. The lowest BCUT2D eigenvalue weighted by molar-refractivity contribution is 0.0689. The second-order valence-electron chi connectivity index (χ2n) is 7.71. The van der Waals surface area contributed by atoms with E-state index in [2.05, 4.69) is 10.00 Å². The quantitative estimate of drug-likeness (QED) is 0.654. The Morgan fingerprint density at radius 2 is 1.91 bits per heavy atom. The topological polar surface area (TPSA) is 87.9 Å². The van der Waals surface area contributed by atoms with E-state index in [1.165, 1.54) is 24.4 Å². The van der Waals surface area contributed by atoms with Gasteiger partial charge in [0, 0.05) is 38.4 Å². The van der Waals surface area contributed by atoms with Crippen molar-refractivity contribution in [3.05, 3.63) is 77.9 Å². The van der Waals surface area contributed by atoms with E-state index >= 15 is 0 Å². The fraction of sp³-hybridized carbons (Fsp3) is 0.261. The molecule has 0 aliphatic carbocycles. The number of hydrogen-bond acceptors (Lipinski definition) is 5. The zero-order valence-corrected chi connectivity index (χ0v) is 17.5. The second-order valence-corrected chi connectivity index (χ2v) is 7.71. The van der Waals surface area contributed by atoms with Gasteiger partial charge in [-0.15, -0.1) is 0 Å². The van der Waals surface area contributed by atoms with Crippen molar-refractivity contribution in [1.29, 1.82) is 0 Å². The normalized spacial score (nSPS) is 16.7. The summed E-state index contributed by atoms with van der Waals surface area (Å²) in [4.78, 5) is 27.7. The number of aromatic carboxylic acids is 1. The Hall–Kier alpha value is -3.72. The van der Waals surface area contributed by atoms with Gasteiger partial charge in [-0.1, -0.05) is 12.1 Å². The fourth-order valence-electron chi connectivity index (χ4n) is 3.74. The fourth-order valence-corrected chi connectivity index (χ4v) is 3.74. The van der Waals surface area contributed by atoms with Gasteiger partial charge in [0.1, 0.15) is 17.3 Å². The molecule has 2 aromatic carbocycles. The molecule has 1 aromatic heterocycles. The number of piperazine rings is 1. The Bertz CT molecular complexity index is 1120. The third-order valence-corrected chi connectivity index (χ3v) is 5.32. The average Bonchev–Trinajstić information content (AvgIpc) is 3.26. The van der Waals surface area contributed by atoms with E-state index in [0.29, 0.717) is 37.7 Å². The Labute approximate surface area is 184 Å². The highest BCUT2D eigenvalue weighted by Crippen LogP contribution is 2.23. The molecule has 1 amide bonds. The van der Waals surface area contributed by atoms with Gasteiger partial charge in [0.2, 0.25) is 0 Å². The molecule has 0 radical (unpaired) electrons. The Balaban J connectivity index is 1.36. The van der Waals surface area contributed by atoms with Gasteiger partial charge in [-0.25, -0.2) is 14.0 Å². The molecule has 2 heterocycles. The zero-order chi connectivity index (χ0) is 22.7. The van der Waals surface area contributed by atoms with Gasteiger partial charge in [0.25, 0.3) is 0 Å². The summed E-state index contributed by atoms with van der Waals surface area (Å²) >= 11 is 0. The largest absolute Gasteiger partial charge is 0.476 e. The number of halogens is 1. The molecule has 1 N–H and O–H groups in total. The molecule has 0 spiro atoms. The van der Waals surface area contributed by atoms with E-state index in [4.69, 9.17) is 9.84 Å². The third-order valence-electron chi connectivity index (χ3n) is 5.32. The number of carbonyl (C=O) groups excluding carboxylic acids is 1. The van der Waals surface area contributed by atoms with Crippen LogP contribution in [0.1, 0.15) is 23.0 Å². The number of carboxylic acid groups (broad SMARTS) is 1. The molecule has 0 saturated carbocycles. The van der Waals surface area contributed by atoms with Crippen LogP contribution in [0.3, 0.4) is 0 Å². The number of aromatic nitrogens is 2. The second kappa shape index (κ2) is 9.19. The summed E-state index contributed by atoms with van der Waals surface area (Å²) in [7, 11) is 0. The van der Waals surface area contributed by atoms with Crippen molar-refractivity contribution in [3.63, 3.8) is 0 Å². The maximum absolute atomic E-state index is 13.1. The summed E-state index contributed by atoms with van der Waals surface area (Å²) in [5.41, 5.74) is 0.905. The van der Waals surface area contributed by atoms with Gasteiger partial charge < -0.3 is 14.7 Å². The SMILES string of the molecule is C[C@@H]1CN(Cc2cccc(Oc3ccc(F)cc3)c2)CCN1C(=O)n1ccc(C(=O)O)n1. The number of nitrogens with zero attached hydrogens (tertiary/aromatic N) is 4. The van der Waals surface area contributed by atoms with E-state index in [9.17, 15) is 14.0 Å². The molecule has 1 aliphatic rings. The number of rotatable bonds is 5. The number of benzene rings is 2. The summed E-state index contributed by atoms with van der Waals surface area (Å²) in [5.74, 6) is -0.245. The predicted molar refractivity (Wildman–Crippen MR) is 114 cm³/mol. The van der Waals surface area contributed by atoms with Gasteiger partial charge >= 0.3 is 12.0 Å². The monoisotopic (exact) mass is 438 g/mol. The van der Waals surface area contributed by atoms with E-state index in [0.717, 1.165) is 10.2 Å². The van der Waals surface area contributed by atoms with Crippen LogP contribution >= 0.6 is 0 Å². The van der Waals surface area contributed by atoms with Crippen LogP contribution in [0.5, 0.6) is 11.5 Å². The van der Waals surface area contributed by atoms with Crippen LogP contribution < -0.4 is 4.74 Å². The Morgan fingerprint density at radius 1 is 1.12 bits per heavy atom. The highest BCUT2D eigenvalue weighted by molar-refractivity contribution is 5.86. The minimum Gasteiger partial charge on any atom is -0.476 e. The van der Waals surface area contributed by atoms with Crippen molar-refractivity contribution in [2.75, 3.05) is 19.6 Å². The number of carboxylic acids is 1. The molecule has 3 aromatic rings. The standard InChI is InChI=1S/C23H23FN4O4/c1-16-14-26(11-12-27(16)23(31)28-10-9-21(25-28)22(29)30)15-17-3-2-4-20(13-17)32-19-7-5-18(24)6-8-19/h2-10,13,16H,11-12,14-15H2,1H3,(H,29,30)/t16-/m1/s1. The van der Waals surface area contributed by atoms with Gasteiger partial charge in [0.05, 0.1) is 0 Å². The third kappa shape index (κ3) is 4.94. The molecule has 32 heavy (non-hydrogen) atoms. The maximum Gasteiger partial charge on any atom is 0.356 e. The smallest absolute Gasteiger partial charge is 0.356 e. The number of amides is 1. The zero-order valence-electron chi connectivity index (χ0n) is 17.5. The summed E-state index contributed by atoms with van der Waals surface area (Å²) in [6.07, 6.45) is 1.37. The molecule has 0 bridgehead atoms. The van der Waals surface area contributed by atoms with Crippen LogP contribution in [0.25, 0.3) is 0 Å². The van der Waals surface area contributed by atoms with Crippen LogP contribution in [-0.2, 0) is 6.54 Å². The van der Waals surface area contributed by atoms with Crippen molar-refractivity contribution < 1.29 is 23.8 Å². The van der Waals surface area contributed by atoms with E-state index in [1.807, 2.05) is 31.2 Å². The Kier molecular flexibility index (Phi) is 6.18. The van der Waals surface area contributed by atoms with E-state index in [-0.39, 0.29) is 23.6 Å². The molecule has 8 nitrogen and oxygen atoms in total. The number of hydrogen-bond donors (Lipinski definition) is 1. The van der Waals surface area contributed by atoms with Gasteiger partial charge in [-0.2, -0.15) is 9.78 Å². The van der Waals surface area contributed by atoms with Crippen LogP contribution in [0.2, 0.25) is 0 Å². The van der Waals surface area contributed by atoms with Crippen LogP contribution in [0, 0.1) is 5.82 Å². The van der Waals surface area contributed by atoms with E-state index in [1.54, 1.807) is 17.0 Å². The molecule has 4 rings (SSSR count). The molecule has 1 atom stereocenters. The first kappa shape index (κ1) is 21.5. The summed E-state index contributed by atoms with van der Waals surface area (Å²) in [6, 6.07) is 14.5. The van der Waals surface area contributed by atoms with Crippen molar-refractivity contribution in [2.24, 2.45) is 0 Å². The lowest BCUT2D eigenvalue weighted by Crippen LogP contribution is -2.54. The molecule has 1 saturated heterocycles. The minimum atomic E-state index is -1.17. The van der Waals surface area contributed by atoms with Gasteiger partial charge in [-0.3, -0.25) is 4.90 Å². The van der Waals surface area contributed by atoms with Crippen molar-refractivity contribution in [1.82, 2.24) is 19.6 Å². The average molecular weight is 438 g/mol. The van der Waals surface area contributed by atoms with Gasteiger partial charge in [0.15, 0.2) is 5.69 Å². The highest BCUT2D eigenvalue weighted by Gasteiger charge is 2.29. The summed E-state index contributed by atoms with van der Waals surface area (Å²) < 4.78 is 20.0. The molecule has 9 heteroatoms. The highest BCUT2D eigenvalue weighted by atomic mass is 19.1. The molecule has 1 fully saturated rings. The Morgan fingerprint density at radius 3 is 2.59 bits per heavy atom. The van der Waals surface area contributed by atoms with Crippen molar-refractivity contribution in [3.8, 4) is 11.5 Å². The first-order valence-corrected chi connectivity index (χ1v) is 10.2. The van der Waals surface area contributed by atoms with Crippen LogP contribution in [-0.4, -0.2) is 62.4 Å². The molecular weight excluding hydrogens is 415 g/mol. The summed E-state index contributed by atoms with van der Waals surface area (Å²) in [6.45, 7) is 4.50. The number of carbonyl (C=O) groups is 2. The lowest BCUT2D eigenvalue weighted by Gasteiger charge is -2.39.